The molecule has 0 saturated carbocycles. The van der Waals surface area contributed by atoms with Gasteiger partial charge in [-0.3, -0.25) is 15.8 Å². The van der Waals surface area contributed by atoms with E-state index in [0.29, 0.717) is 17.5 Å². The Balaban J connectivity index is 1.74. The van der Waals surface area contributed by atoms with Gasteiger partial charge >= 0.3 is 0 Å². The summed E-state index contributed by atoms with van der Waals surface area (Å²) < 4.78 is 23.2. The molecule has 0 radical (unpaired) electrons. The molecule has 1 aromatic carbocycles. The van der Waals surface area contributed by atoms with Crippen LogP contribution < -0.4 is 16.2 Å². The zero-order valence-corrected chi connectivity index (χ0v) is 18.1. The Labute approximate surface area is 183 Å². The van der Waals surface area contributed by atoms with E-state index in [0.717, 1.165) is 36.5 Å². The van der Waals surface area contributed by atoms with E-state index >= 15 is 0 Å². The van der Waals surface area contributed by atoms with Crippen molar-refractivity contribution in [1.29, 1.82) is 0 Å². The molecule has 0 aliphatic carbocycles. The van der Waals surface area contributed by atoms with Crippen LogP contribution in [0.3, 0.4) is 0 Å². The normalized spacial score (nSPS) is 12.0. The zero-order valence-electron chi connectivity index (χ0n) is 17.3. The van der Waals surface area contributed by atoms with E-state index in [1.165, 1.54) is 0 Å². The number of hydrazine groups is 1. The van der Waals surface area contributed by atoms with Crippen molar-refractivity contribution in [3.8, 4) is 11.3 Å². The first kappa shape index (κ1) is 22.4. The average Bonchev–Trinajstić information content (AvgIpc) is 2.76. The third-order valence-corrected chi connectivity index (χ3v) is 4.52. The van der Waals surface area contributed by atoms with E-state index in [2.05, 4.69) is 40.4 Å². The van der Waals surface area contributed by atoms with Crippen molar-refractivity contribution < 1.29 is 8.76 Å². The summed E-state index contributed by atoms with van der Waals surface area (Å²) in [5, 5.41) is 3.28. The Morgan fingerprint density at radius 2 is 1.81 bits per heavy atom. The van der Waals surface area contributed by atoms with Gasteiger partial charge in [-0.15, -0.1) is 0 Å². The average molecular weight is 442 g/mol. The molecule has 10 nitrogen and oxygen atoms in total. The number of hydrogen-bond acceptors (Lipinski definition) is 10. The highest BCUT2D eigenvalue weighted by Crippen LogP contribution is 2.22. The van der Waals surface area contributed by atoms with Crippen molar-refractivity contribution in [3.63, 3.8) is 0 Å². The number of hydrogen-bond donors (Lipinski definition) is 4. The van der Waals surface area contributed by atoms with E-state index in [-0.39, 0.29) is 0 Å². The van der Waals surface area contributed by atoms with Crippen LogP contribution in [0.2, 0.25) is 0 Å². The van der Waals surface area contributed by atoms with Crippen molar-refractivity contribution >= 4 is 34.0 Å². The predicted octanol–water partition coefficient (Wildman–Crippen LogP) is 3.59. The summed E-state index contributed by atoms with van der Waals surface area (Å²) in [4.78, 5) is 15.3. The minimum absolute atomic E-state index is 0.414. The summed E-state index contributed by atoms with van der Waals surface area (Å²) in [5.74, 6) is 1.11. The molecule has 2 aromatic heterocycles. The second kappa shape index (κ2) is 11.2. The number of aromatic nitrogens is 3. The highest BCUT2D eigenvalue weighted by molar-refractivity contribution is 7.68. The molecule has 0 aliphatic heterocycles. The van der Waals surface area contributed by atoms with Gasteiger partial charge in [-0.1, -0.05) is 10.9 Å². The molecular formula is C20H25N8O2S-. The second-order valence-electron chi connectivity index (χ2n) is 6.90. The third-order valence-electron chi connectivity index (χ3n) is 4.15. The maximum Gasteiger partial charge on any atom is 0.225 e. The van der Waals surface area contributed by atoms with Gasteiger partial charge in [-0.25, -0.2) is 4.98 Å². The largest absolute Gasteiger partial charge is 0.454 e. The quantitative estimate of drug-likeness (QED) is 0.161. The number of anilines is 3. The first-order valence-electron chi connectivity index (χ1n) is 9.62. The van der Waals surface area contributed by atoms with Gasteiger partial charge in [0, 0.05) is 36.3 Å². The molecule has 3 aromatic rings. The predicted molar refractivity (Wildman–Crippen MR) is 123 cm³/mol. The molecule has 0 aliphatic rings. The molecule has 11 heteroatoms. The molecule has 2 heterocycles. The summed E-state index contributed by atoms with van der Waals surface area (Å²) >= 11 is 0. The van der Waals surface area contributed by atoms with Gasteiger partial charge in [-0.05, 0) is 63.5 Å². The molecule has 0 fully saturated rings. The van der Waals surface area contributed by atoms with Crippen LogP contribution >= 0.6 is 0 Å². The van der Waals surface area contributed by atoms with E-state index in [1.807, 2.05) is 32.3 Å². The van der Waals surface area contributed by atoms with Gasteiger partial charge in [0.25, 0.3) is 0 Å². The smallest absolute Gasteiger partial charge is 0.225 e. The van der Waals surface area contributed by atoms with Gasteiger partial charge in [-0.2, -0.15) is 4.98 Å². The maximum absolute atomic E-state index is 10.8. The lowest BCUT2D eigenvalue weighted by Crippen LogP contribution is -2.17. The highest BCUT2D eigenvalue weighted by Gasteiger charge is 2.07. The lowest BCUT2D eigenvalue weighted by atomic mass is 10.2. The maximum atomic E-state index is 10.8. The molecule has 0 unspecified atom stereocenters. The molecule has 0 bridgehead atoms. The lowest BCUT2D eigenvalue weighted by molar-refractivity contribution is 0.405. The molecule has 164 valence electrons. The fourth-order valence-electron chi connectivity index (χ4n) is 2.69. The van der Waals surface area contributed by atoms with Gasteiger partial charge in [0.1, 0.15) is 0 Å². The van der Waals surface area contributed by atoms with Gasteiger partial charge in [0.05, 0.1) is 11.4 Å². The summed E-state index contributed by atoms with van der Waals surface area (Å²) in [6.45, 7) is 1.72. The number of nitrogens with one attached hydrogen (secondary N) is 3. The molecular weight excluding hydrogens is 416 g/mol. The van der Waals surface area contributed by atoms with E-state index in [1.54, 1.807) is 36.7 Å². The molecule has 0 amide bonds. The standard InChI is InChI=1S/C20H25N8O2S/c1-28(2)13-3-10-22-20-23-18(15-8-11-21-12-9-15)14-19(24-20)26-25-16-4-6-17(7-5-16)27-31(29)30/h4-9,11-12,14,25H,3,10,13H2,1-2H3,(H,27,29,30)(H2,22,23,24,26)/q-1. The number of benzene rings is 1. The summed E-state index contributed by atoms with van der Waals surface area (Å²) in [6.07, 6.45) is 4.41. The van der Waals surface area contributed by atoms with Crippen LogP contribution in [0, 0.1) is 0 Å². The van der Waals surface area contributed by atoms with Crippen molar-refractivity contribution in [2.75, 3.05) is 43.4 Å². The lowest BCUT2D eigenvalue weighted by Gasteiger charge is -2.14. The second-order valence-corrected chi connectivity index (χ2v) is 7.54. The summed E-state index contributed by atoms with van der Waals surface area (Å²) in [5.41, 5.74) is 8.99. The summed E-state index contributed by atoms with van der Waals surface area (Å²) in [7, 11) is 1.85. The Morgan fingerprint density at radius 1 is 1.06 bits per heavy atom. The highest BCUT2D eigenvalue weighted by atomic mass is 32.2. The van der Waals surface area contributed by atoms with Crippen molar-refractivity contribution in [1.82, 2.24) is 19.9 Å². The molecule has 3 rings (SSSR count). The first-order chi connectivity index (χ1) is 15.0. The topological polar surface area (TPSA) is 128 Å². The van der Waals surface area contributed by atoms with Gasteiger partial charge in [0.15, 0.2) is 5.82 Å². The van der Waals surface area contributed by atoms with E-state index in [4.69, 9.17) is 4.55 Å². The van der Waals surface area contributed by atoms with Crippen LogP contribution in [-0.4, -0.2) is 51.6 Å². The number of pyridine rings is 1. The van der Waals surface area contributed by atoms with E-state index in [9.17, 15) is 4.21 Å². The Bertz CT molecular complexity index is 1050. The van der Waals surface area contributed by atoms with Crippen LogP contribution in [0.5, 0.6) is 0 Å². The molecule has 4 N–H and O–H groups in total. The van der Waals surface area contributed by atoms with Crippen molar-refractivity contribution in [2.45, 2.75) is 6.42 Å². The van der Waals surface area contributed by atoms with Crippen LogP contribution in [0.15, 0.2) is 59.2 Å². The number of nitrogens with zero attached hydrogens (tertiary/aromatic N) is 5. The Hall–Kier alpha value is -3.28. The molecule has 0 spiro atoms. The van der Waals surface area contributed by atoms with Crippen LogP contribution in [0.1, 0.15) is 6.42 Å². The molecule has 0 atom stereocenters. The monoisotopic (exact) mass is 441 g/mol. The van der Waals surface area contributed by atoms with E-state index < -0.39 is 10.9 Å². The van der Waals surface area contributed by atoms with Crippen LogP contribution in [0.4, 0.5) is 23.1 Å². The van der Waals surface area contributed by atoms with Crippen molar-refractivity contribution in [3.05, 3.63) is 54.9 Å². The van der Waals surface area contributed by atoms with Gasteiger partial charge in [0.2, 0.25) is 5.95 Å². The minimum Gasteiger partial charge on any atom is -0.454 e. The van der Waals surface area contributed by atoms with Crippen LogP contribution in [0.25, 0.3) is 11.3 Å². The minimum atomic E-state index is -2.23. The Kier molecular flexibility index (Phi) is 8.10. The molecule has 31 heavy (non-hydrogen) atoms. The van der Waals surface area contributed by atoms with Gasteiger partial charge < -0.3 is 23.3 Å². The SMILES string of the molecule is CN(C)CCCNc1nc(NNc2ccc(N=[S-](=O)O)cc2)cc(-c2ccncc2)n1. The third kappa shape index (κ3) is 7.48. The van der Waals surface area contributed by atoms with Crippen LogP contribution in [-0.2, 0) is 15.1 Å². The zero-order chi connectivity index (χ0) is 22.1. The first-order valence-corrected chi connectivity index (χ1v) is 10.7. The fourth-order valence-corrected chi connectivity index (χ4v) is 2.99. The summed E-state index contributed by atoms with van der Waals surface area (Å²) in [6, 6.07) is 12.4. The Morgan fingerprint density at radius 3 is 2.48 bits per heavy atom. The number of rotatable bonds is 10. The molecule has 0 saturated heterocycles. The fraction of sp³-hybridized carbons (Fsp3) is 0.250. The van der Waals surface area contributed by atoms with Crippen molar-refractivity contribution in [2.24, 2.45) is 4.36 Å².